The fourth-order valence-electron chi connectivity index (χ4n) is 3.43. The quantitative estimate of drug-likeness (QED) is 0.647. The lowest BCUT2D eigenvalue weighted by atomic mass is 9.85. The predicted molar refractivity (Wildman–Crippen MR) is 82.1 cm³/mol. The van der Waals surface area contributed by atoms with Crippen molar-refractivity contribution in [2.45, 2.75) is 51.0 Å². The molecule has 1 atom stereocenters. The van der Waals surface area contributed by atoms with Gasteiger partial charge in [-0.2, -0.15) is 0 Å². The maximum Gasteiger partial charge on any atom is 0.134 e. The molecule has 3 rings (SSSR count). The van der Waals surface area contributed by atoms with Gasteiger partial charge in [0.1, 0.15) is 11.3 Å². The Morgan fingerprint density at radius 3 is 2.45 bits per heavy atom. The van der Waals surface area contributed by atoms with E-state index in [1.807, 2.05) is 18.2 Å². The second-order valence-electron chi connectivity index (χ2n) is 5.94. The van der Waals surface area contributed by atoms with Gasteiger partial charge in [-0.3, -0.25) is 5.84 Å². The van der Waals surface area contributed by atoms with Crippen LogP contribution in [0.4, 0.5) is 0 Å². The minimum absolute atomic E-state index is 0.139. The highest BCUT2D eigenvalue weighted by Crippen LogP contribution is 2.34. The minimum Gasteiger partial charge on any atom is -0.459 e. The summed E-state index contributed by atoms with van der Waals surface area (Å²) in [5.74, 6) is 7.41. The van der Waals surface area contributed by atoms with Crippen LogP contribution in [0.2, 0.25) is 0 Å². The van der Waals surface area contributed by atoms with Gasteiger partial charge in [-0.25, -0.2) is 5.43 Å². The summed E-state index contributed by atoms with van der Waals surface area (Å²) in [6.07, 6.45) is 9.20. The van der Waals surface area contributed by atoms with E-state index in [9.17, 15) is 0 Å². The Kier molecular flexibility index (Phi) is 4.38. The summed E-state index contributed by atoms with van der Waals surface area (Å²) >= 11 is 0. The van der Waals surface area contributed by atoms with E-state index in [0.29, 0.717) is 5.92 Å². The SMILES string of the molecule is NNC(c1cc2ccccc2o1)C1CCCCCCC1. The molecule has 0 saturated heterocycles. The zero-order chi connectivity index (χ0) is 13.8. The van der Waals surface area contributed by atoms with Crippen LogP contribution >= 0.6 is 0 Å². The monoisotopic (exact) mass is 272 g/mol. The molecule has 2 aromatic rings. The molecule has 0 bridgehead atoms. The summed E-state index contributed by atoms with van der Waals surface area (Å²) < 4.78 is 6.00. The second kappa shape index (κ2) is 6.42. The van der Waals surface area contributed by atoms with Gasteiger partial charge in [-0.05, 0) is 30.9 Å². The highest BCUT2D eigenvalue weighted by molar-refractivity contribution is 5.77. The Morgan fingerprint density at radius 2 is 1.75 bits per heavy atom. The summed E-state index contributed by atoms with van der Waals surface area (Å²) in [7, 11) is 0. The molecule has 1 saturated carbocycles. The number of nitrogens with one attached hydrogen (secondary N) is 1. The number of rotatable bonds is 3. The van der Waals surface area contributed by atoms with E-state index in [0.717, 1.165) is 16.7 Å². The Hall–Kier alpha value is -1.32. The summed E-state index contributed by atoms with van der Waals surface area (Å²) in [5, 5.41) is 1.16. The van der Waals surface area contributed by atoms with Crippen LogP contribution in [0.25, 0.3) is 11.0 Å². The second-order valence-corrected chi connectivity index (χ2v) is 5.94. The van der Waals surface area contributed by atoms with Crippen LogP contribution in [0, 0.1) is 5.92 Å². The van der Waals surface area contributed by atoms with Gasteiger partial charge in [0.05, 0.1) is 6.04 Å². The van der Waals surface area contributed by atoms with E-state index < -0.39 is 0 Å². The molecule has 0 spiro atoms. The third-order valence-corrected chi connectivity index (χ3v) is 4.55. The topological polar surface area (TPSA) is 51.2 Å². The Morgan fingerprint density at radius 1 is 1.05 bits per heavy atom. The number of furan rings is 1. The van der Waals surface area contributed by atoms with Crippen molar-refractivity contribution < 1.29 is 4.42 Å². The Labute approximate surface area is 120 Å². The molecule has 3 N–H and O–H groups in total. The molecular formula is C17H24N2O. The number of nitrogens with two attached hydrogens (primary N) is 1. The number of hydrogen-bond donors (Lipinski definition) is 2. The molecule has 1 fully saturated rings. The van der Waals surface area contributed by atoms with Gasteiger partial charge in [-0.1, -0.05) is 50.3 Å². The van der Waals surface area contributed by atoms with Gasteiger partial charge in [0.25, 0.3) is 0 Å². The number of fused-ring (bicyclic) bond motifs is 1. The van der Waals surface area contributed by atoms with Crippen LogP contribution in [0.5, 0.6) is 0 Å². The number of hydrazine groups is 1. The van der Waals surface area contributed by atoms with Crippen LogP contribution in [0.15, 0.2) is 34.7 Å². The molecule has 1 aliphatic rings. The van der Waals surface area contributed by atoms with Gasteiger partial charge in [0.15, 0.2) is 0 Å². The summed E-state index contributed by atoms with van der Waals surface area (Å²) in [6, 6.07) is 10.4. The molecule has 1 aromatic carbocycles. The van der Waals surface area contributed by atoms with Crippen LogP contribution in [-0.2, 0) is 0 Å². The van der Waals surface area contributed by atoms with Crippen molar-refractivity contribution in [2.24, 2.45) is 11.8 Å². The first-order valence-electron chi connectivity index (χ1n) is 7.83. The lowest BCUT2D eigenvalue weighted by Gasteiger charge is -2.26. The molecular weight excluding hydrogens is 248 g/mol. The summed E-state index contributed by atoms with van der Waals surface area (Å²) in [5.41, 5.74) is 3.96. The normalized spacial score (nSPS) is 19.6. The van der Waals surface area contributed by atoms with E-state index >= 15 is 0 Å². The molecule has 1 aliphatic carbocycles. The van der Waals surface area contributed by atoms with E-state index in [4.69, 9.17) is 10.3 Å². The molecule has 1 heterocycles. The zero-order valence-electron chi connectivity index (χ0n) is 12.0. The molecule has 1 unspecified atom stereocenters. The third kappa shape index (κ3) is 2.89. The summed E-state index contributed by atoms with van der Waals surface area (Å²) in [6.45, 7) is 0. The third-order valence-electron chi connectivity index (χ3n) is 4.55. The number of para-hydroxylation sites is 1. The van der Waals surface area contributed by atoms with Crippen LogP contribution in [0.3, 0.4) is 0 Å². The molecule has 0 aliphatic heterocycles. The maximum atomic E-state index is 6.00. The van der Waals surface area contributed by atoms with Gasteiger partial charge in [-0.15, -0.1) is 0 Å². The average Bonchev–Trinajstić information content (AvgIpc) is 2.85. The first-order valence-corrected chi connectivity index (χ1v) is 7.83. The fourth-order valence-corrected chi connectivity index (χ4v) is 3.43. The lowest BCUT2D eigenvalue weighted by molar-refractivity contribution is 0.263. The average molecular weight is 272 g/mol. The summed E-state index contributed by atoms with van der Waals surface area (Å²) in [4.78, 5) is 0. The first kappa shape index (κ1) is 13.7. The van der Waals surface area contributed by atoms with Crippen LogP contribution < -0.4 is 11.3 Å². The van der Waals surface area contributed by atoms with E-state index in [-0.39, 0.29) is 6.04 Å². The molecule has 108 valence electrons. The predicted octanol–water partition coefficient (Wildman–Crippen LogP) is 4.30. The van der Waals surface area contributed by atoms with Crippen molar-refractivity contribution in [3.8, 4) is 0 Å². The number of benzene rings is 1. The smallest absolute Gasteiger partial charge is 0.134 e. The Bertz CT molecular complexity index is 508. The molecule has 3 nitrogen and oxygen atoms in total. The molecule has 0 amide bonds. The van der Waals surface area contributed by atoms with Crippen molar-refractivity contribution >= 4 is 11.0 Å². The van der Waals surface area contributed by atoms with Crippen LogP contribution in [0.1, 0.15) is 56.7 Å². The molecule has 1 aromatic heterocycles. The van der Waals surface area contributed by atoms with Crippen molar-refractivity contribution in [1.82, 2.24) is 5.43 Å². The van der Waals surface area contributed by atoms with E-state index in [1.165, 1.54) is 44.9 Å². The highest BCUT2D eigenvalue weighted by atomic mass is 16.3. The maximum absolute atomic E-state index is 6.00. The zero-order valence-corrected chi connectivity index (χ0v) is 12.0. The van der Waals surface area contributed by atoms with Gasteiger partial charge >= 0.3 is 0 Å². The standard InChI is InChI=1S/C17H24N2O/c18-19-17(13-8-4-2-1-3-5-9-13)16-12-14-10-6-7-11-15(14)20-16/h6-7,10-13,17,19H,1-5,8-9,18H2. The van der Waals surface area contributed by atoms with Crippen molar-refractivity contribution in [2.75, 3.05) is 0 Å². The van der Waals surface area contributed by atoms with Crippen LogP contribution in [-0.4, -0.2) is 0 Å². The van der Waals surface area contributed by atoms with Crippen molar-refractivity contribution in [1.29, 1.82) is 0 Å². The lowest BCUT2D eigenvalue weighted by Crippen LogP contribution is -2.33. The van der Waals surface area contributed by atoms with E-state index in [2.05, 4.69) is 17.6 Å². The van der Waals surface area contributed by atoms with Crippen molar-refractivity contribution in [3.63, 3.8) is 0 Å². The molecule has 3 heteroatoms. The first-order chi connectivity index (χ1) is 9.88. The highest BCUT2D eigenvalue weighted by Gasteiger charge is 2.25. The van der Waals surface area contributed by atoms with Crippen molar-refractivity contribution in [3.05, 3.63) is 36.1 Å². The van der Waals surface area contributed by atoms with Gasteiger partial charge in [0, 0.05) is 5.39 Å². The Balaban J connectivity index is 1.83. The van der Waals surface area contributed by atoms with Gasteiger partial charge in [0.2, 0.25) is 0 Å². The number of hydrogen-bond acceptors (Lipinski definition) is 3. The van der Waals surface area contributed by atoms with E-state index in [1.54, 1.807) is 0 Å². The fraction of sp³-hybridized carbons (Fsp3) is 0.529. The minimum atomic E-state index is 0.139. The molecule has 20 heavy (non-hydrogen) atoms. The molecule has 0 radical (unpaired) electrons. The van der Waals surface area contributed by atoms with Gasteiger partial charge < -0.3 is 4.42 Å². The largest absolute Gasteiger partial charge is 0.459 e.